The van der Waals surface area contributed by atoms with E-state index in [4.69, 9.17) is 0 Å². The van der Waals surface area contributed by atoms with Crippen LogP contribution in [0.1, 0.15) is 47.0 Å². The third-order valence-corrected chi connectivity index (χ3v) is 2.81. The summed E-state index contributed by atoms with van der Waals surface area (Å²) < 4.78 is 0. The van der Waals surface area contributed by atoms with Crippen molar-refractivity contribution in [2.24, 2.45) is 11.8 Å². The van der Waals surface area contributed by atoms with Crippen LogP contribution in [0.2, 0.25) is 0 Å². The molecule has 1 atom stereocenters. The van der Waals surface area contributed by atoms with Gasteiger partial charge >= 0.3 is 0 Å². The minimum Gasteiger partial charge on any atom is -0.0736 e. The lowest BCUT2D eigenvalue weighted by molar-refractivity contribution is 0.472. The number of hydrogen-bond donors (Lipinski definition) is 0. The Labute approximate surface area is 70.7 Å². The first kappa shape index (κ1) is 8.83. The molecule has 0 radical (unpaired) electrons. The SMILES string of the molecule is CC1=C(C(C)C)CCC(C)C1. The van der Waals surface area contributed by atoms with Crippen molar-refractivity contribution in [1.82, 2.24) is 0 Å². The first-order valence-electron chi connectivity index (χ1n) is 4.79. The molecule has 1 aliphatic carbocycles. The van der Waals surface area contributed by atoms with Crippen LogP contribution in [0, 0.1) is 11.8 Å². The highest BCUT2D eigenvalue weighted by atomic mass is 14.2. The Bertz CT molecular complexity index is 163. The summed E-state index contributed by atoms with van der Waals surface area (Å²) in [6.45, 7) is 9.30. The van der Waals surface area contributed by atoms with Crippen LogP contribution >= 0.6 is 0 Å². The Hall–Kier alpha value is -0.260. The van der Waals surface area contributed by atoms with Crippen LogP contribution in [0.4, 0.5) is 0 Å². The van der Waals surface area contributed by atoms with E-state index in [1.165, 1.54) is 19.3 Å². The van der Waals surface area contributed by atoms with Crippen LogP contribution in [-0.2, 0) is 0 Å². The number of rotatable bonds is 1. The minimum absolute atomic E-state index is 0.780. The highest BCUT2D eigenvalue weighted by molar-refractivity contribution is 5.17. The average Bonchev–Trinajstić information content (AvgIpc) is 1.85. The van der Waals surface area contributed by atoms with Crippen LogP contribution in [0.15, 0.2) is 11.1 Å². The molecule has 0 nitrogen and oxygen atoms in total. The van der Waals surface area contributed by atoms with E-state index in [9.17, 15) is 0 Å². The van der Waals surface area contributed by atoms with Crippen molar-refractivity contribution in [3.8, 4) is 0 Å². The van der Waals surface area contributed by atoms with Crippen LogP contribution < -0.4 is 0 Å². The van der Waals surface area contributed by atoms with Gasteiger partial charge in [0.25, 0.3) is 0 Å². The summed E-state index contributed by atoms with van der Waals surface area (Å²) in [6, 6.07) is 0. The zero-order valence-corrected chi connectivity index (χ0v) is 8.28. The molecule has 0 aromatic carbocycles. The molecular weight excluding hydrogens is 132 g/mol. The lowest BCUT2D eigenvalue weighted by atomic mass is 9.81. The lowest BCUT2D eigenvalue weighted by Gasteiger charge is -2.25. The lowest BCUT2D eigenvalue weighted by Crippen LogP contribution is -2.09. The third-order valence-electron chi connectivity index (χ3n) is 2.81. The second-order valence-corrected chi connectivity index (χ2v) is 4.31. The topological polar surface area (TPSA) is 0 Å². The maximum Gasteiger partial charge on any atom is -0.0258 e. The van der Waals surface area contributed by atoms with Crippen molar-refractivity contribution < 1.29 is 0 Å². The molecule has 0 fully saturated rings. The molecule has 0 saturated carbocycles. The summed E-state index contributed by atoms with van der Waals surface area (Å²) in [4.78, 5) is 0. The highest BCUT2D eigenvalue weighted by Crippen LogP contribution is 2.32. The molecule has 0 spiro atoms. The summed E-state index contributed by atoms with van der Waals surface area (Å²) >= 11 is 0. The van der Waals surface area contributed by atoms with Crippen molar-refractivity contribution in [3.05, 3.63) is 11.1 Å². The van der Waals surface area contributed by atoms with Gasteiger partial charge in [-0.2, -0.15) is 0 Å². The Kier molecular flexibility index (Phi) is 2.75. The zero-order chi connectivity index (χ0) is 8.43. The highest BCUT2D eigenvalue weighted by Gasteiger charge is 2.16. The van der Waals surface area contributed by atoms with Gasteiger partial charge in [-0.15, -0.1) is 0 Å². The molecule has 11 heavy (non-hydrogen) atoms. The Morgan fingerprint density at radius 2 is 2.00 bits per heavy atom. The second-order valence-electron chi connectivity index (χ2n) is 4.31. The Balaban J connectivity index is 2.70. The normalized spacial score (nSPS) is 26.5. The van der Waals surface area contributed by atoms with E-state index in [1.807, 2.05) is 0 Å². The van der Waals surface area contributed by atoms with Gasteiger partial charge in [0, 0.05) is 0 Å². The van der Waals surface area contributed by atoms with Gasteiger partial charge in [0.1, 0.15) is 0 Å². The van der Waals surface area contributed by atoms with E-state index in [1.54, 1.807) is 11.1 Å². The van der Waals surface area contributed by atoms with Crippen LogP contribution in [0.5, 0.6) is 0 Å². The van der Waals surface area contributed by atoms with Gasteiger partial charge in [-0.25, -0.2) is 0 Å². The molecule has 0 aliphatic heterocycles. The molecule has 0 saturated heterocycles. The summed E-state index contributed by atoms with van der Waals surface area (Å²) in [5, 5.41) is 0. The predicted molar refractivity (Wildman–Crippen MR) is 50.6 cm³/mol. The van der Waals surface area contributed by atoms with Crippen LogP contribution in [-0.4, -0.2) is 0 Å². The molecule has 0 heteroatoms. The van der Waals surface area contributed by atoms with E-state index < -0.39 is 0 Å². The average molecular weight is 152 g/mol. The van der Waals surface area contributed by atoms with Gasteiger partial charge in [-0.1, -0.05) is 31.9 Å². The maximum absolute atomic E-state index is 2.36. The molecular formula is C11H20. The molecule has 0 bridgehead atoms. The van der Waals surface area contributed by atoms with Gasteiger partial charge in [-0.3, -0.25) is 0 Å². The predicted octanol–water partition coefficient (Wildman–Crippen LogP) is 3.78. The summed E-state index contributed by atoms with van der Waals surface area (Å²) in [7, 11) is 0. The van der Waals surface area contributed by atoms with E-state index >= 15 is 0 Å². The van der Waals surface area contributed by atoms with Gasteiger partial charge < -0.3 is 0 Å². The fraction of sp³-hybridized carbons (Fsp3) is 0.818. The third kappa shape index (κ3) is 2.08. The molecule has 64 valence electrons. The Morgan fingerprint density at radius 3 is 2.45 bits per heavy atom. The van der Waals surface area contributed by atoms with E-state index in [2.05, 4.69) is 27.7 Å². The van der Waals surface area contributed by atoms with Gasteiger partial charge in [0.15, 0.2) is 0 Å². The second kappa shape index (κ2) is 3.42. The molecule has 0 N–H and O–H groups in total. The first-order chi connectivity index (χ1) is 5.11. The van der Waals surface area contributed by atoms with Gasteiger partial charge in [0.2, 0.25) is 0 Å². The fourth-order valence-electron chi connectivity index (χ4n) is 2.15. The van der Waals surface area contributed by atoms with Crippen molar-refractivity contribution in [1.29, 1.82) is 0 Å². The number of hydrogen-bond acceptors (Lipinski definition) is 0. The number of allylic oxidation sites excluding steroid dienone is 2. The van der Waals surface area contributed by atoms with Crippen molar-refractivity contribution in [3.63, 3.8) is 0 Å². The quantitative estimate of drug-likeness (QED) is 0.502. The van der Waals surface area contributed by atoms with Crippen molar-refractivity contribution >= 4 is 0 Å². The van der Waals surface area contributed by atoms with Gasteiger partial charge in [-0.05, 0) is 38.0 Å². The monoisotopic (exact) mass is 152 g/mol. The fourth-order valence-corrected chi connectivity index (χ4v) is 2.15. The van der Waals surface area contributed by atoms with Crippen molar-refractivity contribution in [2.75, 3.05) is 0 Å². The molecule has 0 heterocycles. The molecule has 1 rings (SSSR count). The molecule has 1 aliphatic rings. The summed E-state index contributed by atoms with van der Waals surface area (Å²) in [5.41, 5.74) is 3.39. The summed E-state index contributed by atoms with van der Waals surface area (Å²) in [5.74, 6) is 1.71. The maximum atomic E-state index is 2.36. The molecule has 0 aromatic heterocycles. The van der Waals surface area contributed by atoms with E-state index in [0.717, 1.165) is 11.8 Å². The Morgan fingerprint density at radius 1 is 1.36 bits per heavy atom. The zero-order valence-electron chi connectivity index (χ0n) is 8.28. The van der Waals surface area contributed by atoms with E-state index in [-0.39, 0.29) is 0 Å². The van der Waals surface area contributed by atoms with Crippen LogP contribution in [0.3, 0.4) is 0 Å². The smallest absolute Gasteiger partial charge is 0.0258 e. The first-order valence-corrected chi connectivity index (χ1v) is 4.79. The van der Waals surface area contributed by atoms with Crippen LogP contribution in [0.25, 0.3) is 0 Å². The summed E-state index contributed by atoms with van der Waals surface area (Å²) in [6.07, 6.45) is 4.10. The largest absolute Gasteiger partial charge is 0.0736 e. The molecule has 1 unspecified atom stereocenters. The molecule has 0 aromatic rings. The molecule has 0 amide bonds. The van der Waals surface area contributed by atoms with E-state index in [0.29, 0.717) is 0 Å². The minimum atomic E-state index is 0.780. The van der Waals surface area contributed by atoms with Crippen molar-refractivity contribution in [2.45, 2.75) is 47.0 Å². The standard InChI is InChI=1S/C11H20/c1-8(2)11-6-5-9(3)7-10(11)4/h8-9H,5-7H2,1-4H3. The van der Waals surface area contributed by atoms with Gasteiger partial charge in [0.05, 0.1) is 0 Å².